The van der Waals surface area contributed by atoms with Crippen LogP contribution in [-0.4, -0.2) is 12.9 Å². The van der Waals surface area contributed by atoms with Crippen LogP contribution in [-0.2, 0) is 0 Å². The molecule has 0 saturated carbocycles. The fourth-order valence-corrected chi connectivity index (χ4v) is 2.53. The number of hydrogen-bond acceptors (Lipinski definition) is 3. The Morgan fingerprint density at radius 1 is 1.47 bits per heavy atom. The maximum absolute atomic E-state index is 5.97. The van der Waals surface area contributed by atoms with Crippen molar-refractivity contribution in [1.82, 2.24) is 0 Å². The molecule has 0 saturated heterocycles. The van der Waals surface area contributed by atoms with Crippen LogP contribution in [0.3, 0.4) is 0 Å². The van der Waals surface area contributed by atoms with Gasteiger partial charge in [-0.05, 0) is 31.2 Å². The van der Waals surface area contributed by atoms with Crippen LogP contribution in [0.2, 0.25) is 0 Å². The van der Waals surface area contributed by atoms with Gasteiger partial charge in [0.1, 0.15) is 5.75 Å². The molecule has 0 aliphatic heterocycles. The summed E-state index contributed by atoms with van der Waals surface area (Å²) in [5.74, 6) is 2.01. The van der Waals surface area contributed by atoms with Crippen molar-refractivity contribution in [3.63, 3.8) is 0 Å². The Kier molecular flexibility index (Phi) is 4.99. The maximum Gasteiger partial charge on any atom is 0.124 e. The summed E-state index contributed by atoms with van der Waals surface area (Å²) in [6.45, 7) is 4.17. The minimum absolute atomic E-state index is 0.0144. The van der Waals surface area contributed by atoms with Crippen molar-refractivity contribution in [2.45, 2.75) is 31.2 Å². The smallest absolute Gasteiger partial charge is 0.124 e. The lowest BCUT2D eigenvalue weighted by atomic mass is 10.1. The maximum atomic E-state index is 5.97. The molecule has 0 aromatic heterocycles. The lowest BCUT2D eigenvalue weighted by Crippen LogP contribution is -2.08. The first kappa shape index (κ1) is 12.4. The van der Waals surface area contributed by atoms with Crippen LogP contribution in [0.5, 0.6) is 5.75 Å². The zero-order valence-corrected chi connectivity index (χ0v) is 10.4. The molecule has 0 heterocycles. The number of rotatable bonds is 5. The summed E-state index contributed by atoms with van der Waals surface area (Å²) in [5, 5.41) is 0. The highest BCUT2D eigenvalue weighted by Gasteiger charge is 2.12. The van der Waals surface area contributed by atoms with Crippen LogP contribution in [0.1, 0.15) is 31.9 Å². The van der Waals surface area contributed by atoms with Crippen molar-refractivity contribution >= 4 is 11.8 Å². The second-order valence-electron chi connectivity index (χ2n) is 3.51. The Morgan fingerprint density at radius 2 is 2.20 bits per heavy atom. The van der Waals surface area contributed by atoms with Crippen molar-refractivity contribution < 1.29 is 4.74 Å². The summed E-state index contributed by atoms with van der Waals surface area (Å²) in [4.78, 5) is 1.24. The van der Waals surface area contributed by atoms with E-state index in [0.29, 0.717) is 0 Å². The molecular formula is C12H19NOS. The fourth-order valence-electron chi connectivity index (χ4n) is 1.49. The van der Waals surface area contributed by atoms with Crippen molar-refractivity contribution in [2.75, 3.05) is 12.9 Å². The Hall–Kier alpha value is -0.670. The molecule has 0 radical (unpaired) electrons. The van der Waals surface area contributed by atoms with Gasteiger partial charge in [-0.15, -0.1) is 11.8 Å². The Labute approximate surface area is 96.2 Å². The van der Waals surface area contributed by atoms with Gasteiger partial charge in [-0.25, -0.2) is 0 Å². The molecule has 84 valence electrons. The van der Waals surface area contributed by atoms with E-state index in [0.717, 1.165) is 17.1 Å². The molecule has 0 aliphatic rings. The Morgan fingerprint density at radius 3 is 2.73 bits per heavy atom. The first-order valence-electron chi connectivity index (χ1n) is 5.26. The second kappa shape index (κ2) is 6.03. The molecule has 2 N–H and O–H groups in total. The van der Waals surface area contributed by atoms with Gasteiger partial charge in [-0.3, -0.25) is 0 Å². The van der Waals surface area contributed by atoms with Crippen molar-refractivity contribution in [3.8, 4) is 5.75 Å². The minimum Gasteiger partial charge on any atom is -0.496 e. The Bertz CT molecular complexity index is 312. The Balaban J connectivity index is 3.02. The van der Waals surface area contributed by atoms with Gasteiger partial charge in [-0.2, -0.15) is 0 Å². The standard InChI is InChI=1S/C12H19NOS/c1-4-8-15-11-7-5-6-10(14-3)12(11)9(2)13/h5-7,9H,4,8,13H2,1-3H3/t9-/m1/s1. The van der Waals surface area contributed by atoms with Crippen molar-refractivity contribution in [2.24, 2.45) is 5.73 Å². The van der Waals surface area contributed by atoms with Gasteiger partial charge >= 0.3 is 0 Å². The van der Waals surface area contributed by atoms with E-state index in [2.05, 4.69) is 13.0 Å². The predicted molar refractivity (Wildman–Crippen MR) is 66.6 cm³/mol. The summed E-state index contributed by atoms with van der Waals surface area (Å²) in [7, 11) is 1.69. The molecule has 0 aliphatic carbocycles. The summed E-state index contributed by atoms with van der Waals surface area (Å²) in [6.07, 6.45) is 1.17. The lowest BCUT2D eigenvalue weighted by Gasteiger charge is -2.16. The average Bonchev–Trinajstić information content (AvgIpc) is 2.25. The van der Waals surface area contributed by atoms with E-state index in [4.69, 9.17) is 10.5 Å². The van der Waals surface area contributed by atoms with E-state index < -0.39 is 0 Å². The molecule has 0 fully saturated rings. The molecule has 0 spiro atoms. The normalized spacial score (nSPS) is 12.5. The molecule has 0 amide bonds. The highest BCUT2D eigenvalue weighted by molar-refractivity contribution is 7.99. The topological polar surface area (TPSA) is 35.2 Å². The highest BCUT2D eigenvalue weighted by Crippen LogP contribution is 2.33. The van der Waals surface area contributed by atoms with Gasteiger partial charge in [-0.1, -0.05) is 13.0 Å². The van der Waals surface area contributed by atoms with Crippen LogP contribution < -0.4 is 10.5 Å². The molecule has 0 unspecified atom stereocenters. The molecule has 1 aromatic rings. The molecule has 1 rings (SSSR count). The van der Waals surface area contributed by atoms with Crippen LogP contribution in [0.4, 0.5) is 0 Å². The summed E-state index contributed by atoms with van der Waals surface area (Å²) < 4.78 is 5.33. The van der Waals surface area contributed by atoms with Crippen LogP contribution in [0, 0.1) is 0 Å². The number of methoxy groups -OCH3 is 1. The lowest BCUT2D eigenvalue weighted by molar-refractivity contribution is 0.405. The third kappa shape index (κ3) is 3.14. The van der Waals surface area contributed by atoms with Crippen molar-refractivity contribution in [3.05, 3.63) is 23.8 Å². The number of benzene rings is 1. The molecule has 3 heteroatoms. The zero-order chi connectivity index (χ0) is 11.3. The second-order valence-corrected chi connectivity index (χ2v) is 4.65. The molecule has 1 atom stereocenters. The third-order valence-corrected chi connectivity index (χ3v) is 3.44. The molecule has 1 aromatic carbocycles. The van der Waals surface area contributed by atoms with Gasteiger partial charge in [0.15, 0.2) is 0 Å². The van der Waals surface area contributed by atoms with Crippen molar-refractivity contribution in [1.29, 1.82) is 0 Å². The number of hydrogen-bond donors (Lipinski definition) is 1. The minimum atomic E-state index is 0.0144. The van der Waals surface area contributed by atoms with Gasteiger partial charge < -0.3 is 10.5 Å². The van der Waals surface area contributed by atoms with E-state index in [1.165, 1.54) is 11.3 Å². The van der Waals surface area contributed by atoms with Gasteiger partial charge in [0.05, 0.1) is 7.11 Å². The largest absolute Gasteiger partial charge is 0.496 e. The van der Waals surface area contributed by atoms with E-state index in [1.807, 2.05) is 30.8 Å². The number of nitrogens with two attached hydrogens (primary N) is 1. The van der Waals surface area contributed by atoms with Crippen LogP contribution >= 0.6 is 11.8 Å². The molecule has 15 heavy (non-hydrogen) atoms. The predicted octanol–water partition coefficient (Wildman–Crippen LogP) is 3.22. The van der Waals surface area contributed by atoms with Crippen LogP contribution in [0.25, 0.3) is 0 Å². The third-order valence-electron chi connectivity index (χ3n) is 2.16. The van der Waals surface area contributed by atoms with E-state index in [1.54, 1.807) is 7.11 Å². The first-order valence-corrected chi connectivity index (χ1v) is 6.24. The SMILES string of the molecule is CCCSc1cccc(OC)c1[C@@H](C)N. The summed E-state index contributed by atoms with van der Waals surface area (Å²) in [5.41, 5.74) is 7.09. The molecule has 0 bridgehead atoms. The molecule has 2 nitrogen and oxygen atoms in total. The van der Waals surface area contributed by atoms with E-state index >= 15 is 0 Å². The van der Waals surface area contributed by atoms with Gasteiger partial charge in [0, 0.05) is 16.5 Å². The average molecular weight is 225 g/mol. The highest BCUT2D eigenvalue weighted by atomic mass is 32.2. The summed E-state index contributed by atoms with van der Waals surface area (Å²) in [6, 6.07) is 6.11. The summed E-state index contributed by atoms with van der Waals surface area (Å²) >= 11 is 1.84. The fraction of sp³-hybridized carbons (Fsp3) is 0.500. The first-order chi connectivity index (χ1) is 7.20. The van der Waals surface area contributed by atoms with Gasteiger partial charge in [0.2, 0.25) is 0 Å². The monoisotopic (exact) mass is 225 g/mol. The van der Waals surface area contributed by atoms with Crippen LogP contribution in [0.15, 0.2) is 23.1 Å². The number of thioether (sulfide) groups is 1. The quantitative estimate of drug-likeness (QED) is 0.781. The number of ether oxygens (including phenoxy) is 1. The van der Waals surface area contributed by atoms with E-state index in [9.17, 15) is 0 Å². The molecular weight excluding hydrogens is 206 g/mol. The zero-order valence-electron chi connectivity index (χ0n) is 9.62. The van der Waals surface area contributed by atoms with Gasteiger partial charge in [0.25, 0.3) is 0 Å². The van der Waals surface area contributed by atoms with E-state index in [-0.39, 0.29) is 6.04 Å².